The van der Waals surface area contributed by atoms with Gasteiger partial charge >= 0.3 is 0 Å². The Morgan fingerprint density at radius 2 is 1.87 bits per heavy atom. The second-order valence-corrected chi connectivity index (χ2v) is 12.1. The van der Waals surface area contributed by atoms with Crippen molar-refractivity contribution in [2.45, 2.75) is 56.7 Å². The first-order valence-corrected chi connectivity index (χ1v) is 13.9. The molecule has 5 heteroatoms. The lowest BCUT2D eigenvalue weighted by atomic mass is 9.55. The largest absolute Gasteiger partial charge is 0.378 e. The number of nitrogens with zero attached hydrogens (tertiary/aromatic N) is 1. The highest BCUT2D eigenvalue weighted by Crippen LogP contribution is 2.64. The normalized spacial score (nSPS) is 32.0. The highest BCUT2D eigenvalue weighted by Gasteiger charge is 2.63. The van der Waals surface area contributed by atoms with Crippen molar-refractivity contribution in [1.82, 2.24) is 0 Å². The van der Waals surface area contributed by atoms with Crippen LogP contribution in [0.3, 0.4) is 0 Å². The van der Waals surface area contributed by atoms with Crippen LogP contribution >= 0.6 is 11.6 Å². The molecule has 0 aromatic heterocycles. The summed E-state index contributed by atoms with van der Waals surface area (Å²) in [5.41, 5.74) is 5.15. The van der Waals surface area contributed by atoms with E-state index in [0.29, 0.717) is 24.5 Å². The number of carbonyl (C=O) groups excluding carboxylic acids is 1. The minimum absolute atomic E-state index is 0.0797. The monoisotopic (exact) mass is 527 g/mol. The van der Waals surface area contributed by atoms with Crippen molar-refractivity contribution in [3.63, 3.8) is 0 Å². The van der Waals surface area contributed by atoms with E-state index in [0.717, 1.165) is 36.1 Å². The van der Waals surface area contributed by atoms with Gasteiger partial charge in [0.25, 0.3) is 0 Å². The maximum atomic E-state index is 12.2. The molecule has 4 aliphatic rings. The molecule has 3 aliphatic carbocycles. The van der Waals surface area contributed by atoms with Crippen molar-refractivity contribution in [2.75, 3.05) is 25.6 Å². The van der Waals surface area contributed by atoms with Gasteiger partial charge in [0.2, 0.25) is 0 Å². The fourth-order valence-electron chi connectivity index (χ4n) is 7.26. The number of hydrogen-bond donors (Lipinski definition) is 1. The van der Waals surface area contributed by atoms with Gasteiger partial charge in [-0.25, -0.2) is 0 Å². The number of allylic oxidation sites excluding steroid dienone is 1. The molecule has 1 heterocycles. The molecule has 0 amide bonds. The Morgan fingerprint density at radius 1 is 1.11 bits per heavy atom. The van der Waals surface area contributed by atoms with E-state index in [1.54, 1.807) is 6.08 Å². The smallest absolute Gasteiger partial charge is 0.156 e. The fourth-order valence-corrected chi connectivity index (χ4v) is 7.44. The Hall–Kier alpha value is -2.84. The summed E-state index contributed by atoms with van der Waals surface area (Å²) >= 11 is 6.39. The zero-order valence-corrected chi connectivity index (χ0v) is 23.0. The number of rotatable bonds is 2. The summed E-state index contributed by atoms with van der Waals surface area (Å²) in [6.45, 7) is 2.66. The first kappa shape index (κ1) is 25.4. The third kappa shape index (κ3) is 4.04. The van der Waals surface area contributed by atoms with Gasteiger partial charge in [-0.3, -0.25) is 4.79 Å². The van der Waals surface area contributed by atoms with Gasteiger partial charge in [0, 0.05) is 43.1 Å². The van der Waals surface area contributed by atoms with E-state index < -0.39 is 11.0 Å². The number of hydrogen-bond acceptors (Lipinski definition) is 4. The van der Waals surface area contributed by atoms with E-state index in [1.165, 1.54) is 16.7 Å². The molecule has 2 aromatic rings. The highest BCUT2D eigenvalue weighted by atomic mass is 35.5. The lowest BCUT2D eigenvalue weighted by Crippen LogP contribution is -2.53. The fraction of sp³-hybridized carbons (Fsp3) is 0.424. The molecule has 2 fully saturated rings. The van der Waals surface area contributed by atoms with E-state index in [4.69, 9.17) is 16.3 Å². The number of aliphatic hydroxyl groups is 1. The van der Waals surface area contributed by atoms with Crippen molar-refractivity contribution >= 4 is 23.1 Å². The first-order valence-electron chi connectivity index (χ1n) is 13.6. The minimum atomic E-state index is -1.16. The van der Waals surface area contributed by atoms with Crippen LogP contribution in [0.2, 0.25) is 5.02 Å². The maximum absolute atomic E-state index is 12.2. The van der Waals surface area contributed by atoms with Gasteiger partial charge in [-0.05, 0) is 84.2 Å². The molecule has 4 nitrogen and oxygen atoms in total. The predicted molar refractivity (Wildman–Crippen MR) is 151 cm³/mol. The summed E-state index contributed by atoms with van der Waals surface area (Å²) in [5.74, 6) is 6.92. The summed E-state index contributed by atoms with van der Waals surface area (Å²) in [6.07, 6.45) is 5.23. The number of halogens is 1. The van der Waals surface area contributed by atoms with Crippen LogP contribution < -0.4 is 4.90 Å². The zero-order valence-electron chi connectivity index (χ0n) is 22.3. The Bertz CT molecular complexity index is 1410. The van der Waals surface area contributed by atoms with E-state index in [-0.39, 0.29) is 23.7 Å². The van der Waals surface area contributed by atoms with Gasteiger partial charge < -0.3 is 14.7 Å². The molecule has 5 atom stereocenters. The van der Waals surface area contributed by atoms with Crippen LogP contribution in [0.25, 0.3) is 0 Å². The molecule has 2 aromatic carbocycles. The molecule has 6 rings (SSSR count). The number of anilines is 1. The van der Waals surface area contributed by atoms with E-state index in [2.05, 4.69) is 47.9 Å². The molecule has 0 saturated heterocycles. The van der Waals surface area contributed by atoms with Crippen LogP contribution in [0.4, 0.5) is 5.69 Å². The van der Waals surface area contributed by atoms with E-state index in [1.807, 2.05) is 38.4 Å². The topological polar surface area (TPSA) is 49.8 Å². The van der Waals surface area contributed by atoms with Crippen molar-refractivity contribution in [3.8, 4) is 11.8 Å². The summed E-state index contributed by atoms with van der Waals surface area (Å²) in [5, 5.41) is 12.8. The molecule has 2 unspecified atom stereocenters. The van der Waals surface area contributed by atoms with Crippen LogP contribution in [-0.2, 0) is 9.53 Å². The number of ketones is 1. The van der Waals surface area contributed by atoms with Gasteiger partial charge in [-0.15, -0.1) is 0 Å². The standard InChI is InChI=1S/C33H34ClNO3/c1-32-19-27(21-8-10-24(11-9-21)35(2)3)30-26-13-12-25(36)18-23(26)20-38-31(30)28(32)15-17-33(32,37)16-14-22-6-4-5-7-29(22)34/h4-11,18,27-28,31,37H,12-13,15,17,19-20H2,1-3H3/t27-,28?,31?,32+,33+/m1/s1. The minimum Gasteiger partial charge on any atom is -0.378 e. The highest BCUT2D eigenvalue weighted by molar-refractivity contribution is 6.31. The van der Waals surface area contributed by atoms with Crippen molar-refractivity contribution < 1.29 is 14.6 Å². The van der Waals surface area contributed by atoms with Gasteiger partial charge in [-0.2, -0.15) is 0 Å². The third-order valence-corrected chi connectivity index (χ3v) is 9.79. The number of ether oxygens (including phenoxy) is 1. The van der Waals surface area contributed by atoms with E-state index in [9.17, 15) is 9.90 Å². The lowest BCUT2D eigenvalue weighted by Gasteiger charge is -2.53. The van der Waals surface area contributed by atoms with Gasteiger partial charge in [-0.1, -0.05) is 54.6 Å². The van der Waals surface area contributed by atoms with Crippen LogP contribution in [0.5, 0.6) is 0 Å². The number of benzene rings is 2. The molecule has 1 N–H and O–H groups in total. The van der Waals surface area contributed by atoms with Crippen LogP contribution in [0, 0.1) is 23.2 Å². The molecule has 38 heavy (non-hydrogen) atoms. The molecule has 1 aliphatic heterocycles. The first-order chi connectivity index (χ1) is 18.2. The molecule has 0 bridgehead atoms. The Morgan fingerprint density at radius 3 is 2.61 bits per heavy atom. The number of fused-ring (bicyclic) bond motifs is 4. The van der Waals surface area contributed by atoms with Gasteiger partial charge in [0.1, 0.15) is 5.60 Å². The van der Waals surface area contributed by atoms with E-state index >= 15 is 0 Å². The molecular formula is C33H34ClNO3. The van der Waals surface area contributed by atoms with Crippen molar-refractivity contribution in [3.05, 3.63) is 87.5 Å². The maximum Gasteiger partial charge on any atom is 0.156 e. The summed E-state index contributed by atoms with van der Waals surface area (Å²) < 4.78 is 6.60. The van der Waals surface area contributed by atoms with Crippen LogP contribution in [0.1, 0.15) is 56.1 Å². The summed E-state index contributed by atoms with van der Waals surface area (Å²) in [6, 6.07) is 16.3. The quantitative estimate of drug-likeness (QED) is 0.481. The molecule has 196 valence electrons. The summed E-state index contributed by atoms with van der Waals surface area (Å²) in [4.78, 5) is 14.3. The molecule has 0 radical (unpaired) electrons. The van der Waals surface area contributed by atoms with Crippen molar-refractivity contribution in [1.29, 1.82) is 0 Å². The van der Waals surface area contributed by atoms with Crippen LogP contribution in [-0.4, -0.2) is 43.3 Å². The number of carbonyl (C=O) groups is 1. The Balaban J connectivity index is 1.47. The third-order valence-electron chi connectivity index (χ3n) is 9.46. The zero-order chi connectivity index (χ0) is 26.7. The van der Waals surface area contributed by atoms with Crippen molar-refractivity contribution in [2.24, 2.45) is 11.3 Å². The van der Waals surface area contributed by atoms with Crippen LogP contribution in [0.15, 0.2) is 71.3 Å². The molecule has 2 saturated carbocycles. The van der Waals surface area contributed by atoms with Gasteiger partial charge in [0.05, 0.1) is 17.7 Å². The second kappa shape index (κ2) is 9.42. The SMILES string of the molecule is CN(C)c1ccc([C@H]2C[C@@]3(C)C(CC[C@@]3(O)C#Cc3ccccc3Cl)C3OCC4=CC(=O)CCC4=C32)cc1. The predicted octanol–water partition coefficient (Wildman–Crippen LogP) is 6.08. The Labute approximate surface area is 230 Å². The molecular weight excluding hydrogens is 494 g/mol. The average Bonchev–Trinajstić information content (AvgIpc) is 3.17. The Kier molecular flexibility index (Phi) is 6.30. The average molecular weight is 528 g/mol. The molecule has 0 spiro atoms. The lowest BCUT2D eigenvalue weighted by molar-refractivity contribution is -0.115. The summed E-state index contributed by atoms with van der Waals surface area (Å²) in [7, 11) is 4.09. The second-order valence-electron chi connectivity index (χ2n) is 11.7. The van der Waals surface area contributed by atoms with Gasteiger partial charge in [0.15, 0.2) is 5.78 Å².